The number of thiophene rings is 1. The van der Waals surface area contributed by atoms with Gasteiger partial charge in [0.1, 0.15) is 6.10 Å². The summed E-state index contributed by atoms with van der Waals surface area (Å²) in [5.41, 5.74) is 4.49. The molecule has 1 heterocycles. The second-order valence-electron chi connectivity index (χ2n) is 5.26. The van der Waals surface area contributed by atoms with Gasteiger partial charge in [-0.15, -0.1) is 0 Å². The van der Waals surface area contributed by atoms with Gasteiger partial charge in [-0.25, -0.2) is 0 Å². The lowest BCUT2D eigenvalue weighted by atomic mass is 9.96. The van der Waals surface area contributed by atoms with Crippen LogP contribution in [0.1, 0.15) is 42.2 Å². The van der Waals surface area contributed by atoms with Crippen LogP contribution in [0, 0.1) is 12.8 Å². The van der Waals surface area contributed by atoms with Crippen molar-refractivity contribution in [3.63, 3.8) is 0 Å². The highest BCUT2D eigenvalue weighted by molar-refractivity contribution is 7.08. The highest BCUT2D eigenvalue weighted by Gasteiger charge is 2.14. The van der Waals surface area contributed by atoms with Crippen LogP contribution in [0.4, 0.5) is 0 Å². The monoisotopic (exact) mass is 260 g/mol. The molecule has 2 heteroatoms. The van der Waals surface area contributed by atoms with Crippen LogP contribution in [0.15, 0.2) is 35.0 Å². The van der Waals surface area contributed by atoms with Gasteiger partial charge in [0.15, 0.2) is 0 Å². The molecule has 0 fully saturated rings. The van der Waals surface area contributed by atoms with Crippen LogP contribution in [-0.4, -0.2) is 5.11 Å². The maximum Gasteiger partial charge on any atom is 0.105 e. The Morgan fingerprint density at radius 2 is 2.00 bits per heavy atom. The molecule has 0 aliphatic carbocycles. The molecule has 0 bridgehead atoms. The number of rotatable bonds is 4. The highest BCUT2D eigenvalue weighted by atomic mass is 32.1. The molecule has 0 aliphatic heterocycles. The Hall–Kier alpha value is -1.12. The van der Waals surface area contributed by atoms with Gasteiger partial charge in [-0.1, -0.05) is 38.1 Å². The molecule has 0 amide bonds. The molecule has 1 nitrogen and oxygen atoms in total. The quantitative estimate of drug-likeness (QED) is 0.867. The number of aryl methyl sites for hydroxylation is 1. The standard InChI is InChI=1S/C16H20OS/c1-11(2)7-13-5-4-6-14(8-13)16(17)15-10-18-9-12(15)3/h4-6,8-11,16-17H,7H2,1-3H3. The summed E-state index contributed by atoms with van der Waals surface area (Å²) in [5, 5.41) is 14.5. The Bertz CT molecular complexity index is 513. The molecule has 1 atom stereocenters. The first-order chi connectivity index (χ1) is 8.58. The number of aliphatic hydroxyl groups excluding tert-OH is 1. The van der Waals surface area contributed by atoms with Gasteiger partial charge < -0.3 is 5.11 Å². The molecule has 0 spiro atoms. The Balaban J connectivity index is 2.25. The molecule has 2 rings (SSSR count). The van der Waals surface area contributed by atoms with E-state index in [0.717, 1.165) is 17.5 Å². The molecule has 0 radical (unpaired) electrons. The molecule has 2 aromatic rings. The van der Waals surface area contributed by atoms with Crippen LogP contribution >= 0.6 is 11.3 Å². The van der Waals surface area contributed by atoms with Crippen molar-refractivity contribution in [2.24, 2.45) is 5.92 Å². The summed E-state index contributed by atoms with van der Waals surface area (Å²) in [6, 6.07) is 8.31. The van der Waals surface area contributed by atoms with E-state index in [0.29, 0.717) is 5.92 Å². The molecule has 0 saturated heterocycles. The van der Waals surface area contributed by atoms with Gasteiger partial charge in [0.2, 0.25) is 0 Å². The molecule has 1 aromatic carbocycles. The molecule has 18 heavy (non-hydrogen) atoms. The molecule has 0 aliphatic rings. The van der Waals surface area contributed by atoms with Crippen molar-refractivity contribution < 1.29 is 5.11 Å². The molecule has 96 valence electrons. The van der Waals surface area contributed by atoms with E-state index in [1.54, 1.807) is 11.3 Å². The van der Waals surface area contributed by atoms with Crippen LogP contribution < -0.4 is 0 Å². The number of hydrogen-bond donors (Lipinski definition) is 1. The van der Waals surface area contributed by atoms with Crippen molar-refractivity contribution in [3.05, 3.63) is 57.3 Å². The van der Waals surface area contributed by atoms with Crippen LogP contribution in [0.3, 0.4) is 0 Å². The van der Waals surface area contributed by atoms with E-state index in [4.69, 9.17) is 0 Å². The third-order valence-electron chi connectivity index (χ3n) is 3.10. The Morgan fingerprint density at radius 1 is 1.22 bits per heavy atom. The lowest BCUT2D eigenvalue weighted by molar-refractivity contribution is 0.220. The third kappa shape index (κ3) is 3.01. The Morgan fingerprint density at radius 3 is 2.61 bits per heavy atom. The summed E-state index contributed by atoms with van der Waals surface area (Å²) in [4.78, 5) is 0. The first kappa shape index (κ1) is 13.3. The first-order valence-electron chi connectivity index (χ1n) is 6.37. The Kier molecular flexibility index (Phi) is 4.20. The van der Waals surface area contributed by atoms with Gasteiger partial charge in [0, 0.05) is 0 Å². The van der Waals surface area contributed by atoms with Gasteiger partial charge in [-0.3, -0.25) is 0 Å². The van der Waals surface area contributed by atoms with E-state index < -0.39 is 6.10 Å². The lowest BCUT2D eigenvalue weighted by Gasteiger charge is -2.13. The average molecular weight is 260 g/mol. The maximum absolute atomic E-state index is 10.4. The van der Waals surface area contributed by atoms with Crippen molar-refractivity contribution in [2.45, 2.75) is 33.3 Å². The summed E-state index contributed by atoms with van der Waals surface area (Å²) >= 11 is 1.64. The predicted octanol–water partition coefficient (Wildman–Crippen LogP) is 4.34. The summed E-state index contributed by atoms with van der Waals surface area (Å²) in [7, 11) is 0. The zero-order valence-electron chi connectivity index (χ0n) is 11.2. The van der Waals surface area contributed by atoms with Gasteiger partial charge in [-0.2, -0.15) is 11.3 Å². The van der Waals surface area contributed by atoms with Gasteiger partial charge in [-0.05, 0) is 52.3 Å². The number of hydrogen-bond acceptors (Lipinski definition) is 2. The number of benzene rings is 1. The smallest absolute Gasteiger partial charge is 0.105 e. The fourth-order valence-electron chi connectivity index (χ4n) is 2.19. The second kappa shape index (κ2) is 5.68. The minimum atomic E-state index is -0.497. The average Bonchev–Trinajstić information content (AvgIpc) is 2.74. The topological polar surface area (TPSA) is 20.2 Å². The van der Waals surface area contributed by atoms with Gasteiger partial charge in [0.05, 0.1) is 0 Å². The summed E-state index contributed by atoms with van der Waals surface area (Å²) in [6.07, 6.45) is 0.562. The molecule has 1 unspecified atom stereocenters. The van der Waals surface area contributed by atoms with E-state index in [2.05, 4.69) is 31.4 Å². The molecule has 0 saturated carbocycles. The summed E-state index contributed by atoms with van der Waals surface area (Å²) < 4.78 is 0. The van der Waals surface area contributed by atoms with Crippen LogP contribution in [0.25, 0.3) is 0 Å². The molecule has 1 aromatic heterocycles. The second-order valence-corrected chi connectivity index (χ2v) is 6.00. The van der Waals surface area contributed by atoms with E-state index in [1.165, 1.54) is 11.1 Å². The Labute approximate surface area is 113 Å². The normalized spacial score (nSPS) is 12.9. The fourth-order valence-corrected chi connectivity index (χ4v) is 3.06. The fraction of sp³-hybridized carbons (Fsp3) is 0.375. The first-order valence-corrected chi connectivity index (χ1v) is 7.31. The predicted molar refractivity (Wildman–Crippen MR) is 78.1 cm³/mol. The van der Waals surface area contributed by atoms with Crippen molar-refractivity contribution in [1.82, 2.24) is 0 Å². The SMILES string of the molecule is Cc1cscc1C(O)c1cccc(CC(C)C)c1. The minimum Gasteiger partial charge on any atom is -0.384 e. The third-order valence-corrected chi connectivity index (χ3v) is 3.98. The largest absolute Gasteiger partial charge is 0.384 e. The number of aliphatic hydroxyl groups is 1. The van der Waals surface area contributed by atoms with Gasteiger partial charge in [0.25, 0.3) is 0 Å². The van der Waals surface area contributed by atoms with Crippen LogP contribution in [0.2, 0.25) is 0 Å². The molecule has 1 N–H and O–H groups in total. The van der Waals surface area contributed by atoms with Crippen LogP contribution in [0.5, 0.6) is 0 Å². The van der Waals surface area contributed by atoms with E-state index >= 15 is 0 Å². The highest BCUT2D eigenvalue weighted by Crippen LogP contribution is 2.28. The van der Waals surface area contributed by atoms with Crippen molar-refractivity contribution in [3.8, 4) is 0 Å². The summed E-state index contributed by atoms with van der Waals surface area (Å²) in [5.74, 6) is 0.639. The van der Waals surface area contributed by atoms with E-state index in [1.807, 2.05) is 24.4 Å². The summed E-state index contributed by atoms with van der Waals surface area (Å²) in [6.45, 7) is 6.48. The van der Waals surface area contributed by atoms with Crippen molar-refractivity contribution >= 4 is 11.3 Å². The van der Waals surface area contributed by atoms with E-state index in [-0.39, 0.29) is 0 Å². The zero-order chi connectivity index (χ0) is 13.1. The van der Waals surface area contributed by atoms with Crippen molar-refractivity contribution in [2.75, 3.05) is 0 Å². The molecular weight excluding hydrogens is 240 g/mol. The minimum absolute atomic E-state index is 0.497. The van der Waals surface area contributed by atoms with Crippen molar-refractivity contribution in [1.29, 1.82) is 0 Å². The zero-order valence-corrected chi connectivity index (χ0v) is 12.0. The lowest BCUT2D eigenvalue weighted by Crippen LogP contribution is -2.02. The maximum atomic E-state index is 10.4. The molecular formula is C16H20OS. The van der Waals surface area contributed by atoms with Gasteiger partial charge >= 0.3 is 0 Å². The van der Waals surface area contributed by atoms with E-state index in [9.17, 15) is 5.11 Å². The van der Waals surface area contributed by atoms with Crippen LogP contribution in [-0.2, 0) is 6.42 Å².